The van der Waals surface area contributed by atoms with E-state index in [1.165, 1.54) is 0 Å². The van der Waals surface area contributed by atoms with Gasteiger partial charge in [-0.05, 0) is 98.5 Å². The molecule has 198 valence electrons. The molecule has 1 amide bonds. The molecule has 1 saturated heterocycles. The van der Waals surface area contributed by atoms with Crippen molar-refractivity contribution in [3.8, 4) is 16.9 Å². The van der Waals surface area contributed by atoms with Crippen LogP contribution in [0.15, 0.2) is 53.5 Å². The van der Waals surface area contributed by atoms with E-state index in [9.17, 15) is 4.79 Å². The number of likely N-dealkylation sites (N-methyl/N-ethyl adjacent to an activating group) is 1. The lowest BCUT2D eigenvalue weighted by Gasteiger charge is -2.36. The Morgan fingerprint density at radius 2 is 1.95 bits per heavy atom. The Kier molecular flexibility index (Phi) is 7.66. The summed E-state index contributed by atoms with van der Waals surface area (Å²) in [6.07, 6.45) is 3.94. The van der Waals surface area contributed by atoms with Gasteiger partial charge in [-0.25, -0.2) is 4.99 Å². The highest BCUT2D eigenvalue weighted by Crippen LogP contribution is 2.43. The van der Waals surface area contributed by atoms with Crippen molar-refractivity contribution in [1.82, 2.24) is 10.2 Å². The van der Waals surface area contributed by atoms with E-state index < -0.39 is 6.04 Å². The molecule has 0 saturated carbocycles. The smallest absolute Gasteiger partial charge is 0.250 e. The van der Waals surface area contributed by atoms with Gasteiger partial charge in [0.2, 0.25) is 5.91 Å². The third kappa shape index (κ3) is 5.26. The number of aliphatic imine (C=N–C) groups is 1. The number of fused-ring (bicyclic) bond motifs is 1. The number of nitrogens with one attached hydrogen (secondary N) is 1. The van der Waals surface area contributed by atoms with Crippen molar-refractivity contribution in [3.05, 3.63) is 75.3 Å². The number of carbonyl (C=O) groups is 1. The van der Waals surface area contributed by atoms with Crippen LogP contribution >= 0.6 is 23.2 Å². The first-order chi connectivity index (χ1) is 18.2. The van der Waals surface area contributed by atoms with Crippen LogP contribution in [0.1, 0.15) is 35.6 Å². The fraction of sp³-hybridized carbons (Fsp3) is 0.333. The van der Waals surface area contributed by atoms with Gasteiger partial charge in [0.1, 0.15) is 11.8 Å². The highest BCUT2D eigenvalue weighted by Gasteiger charge is 2.36. The van der Waals surface area contributed by atoms with Crippen LogP contribution < -0.4 is 15.0 Å². The van der Waals surface area contributed by atoms with Crippen LogP contribution in [-0.4, -0.2) is 50.4 Å². The number of rotatable bonds is 6. The molecule has 6 nitrogen and oxygen atoms in total. The fourth-order valence-corrected chi connectivity index (χ4v) is 5.89. The molecule has 0 aliphatic carbocycles. The van der Waals surface area contributed by atoms with Crippen LogP contribution in [0.4, 0.5) is 11.4 Å². The zero-order chi connectivity index (χ0) is 27.0. The molecule has 38 heavy (non-hydrogen) atoms. The first-order valence-electron chi connectivity index (χ1n) is 12.8. The summed E-state index contributed by atoms with van der Waals surface area (Å²) in [6.45, 7) is 5.65. The number of amides is 1. The summed E-state index contributed by atoms with van der Waals surface area (Å²) >= 11 is 13.1. The molecule has 3 aromatic rings. The first-order valence-corrected chi connectivity index (χ1v) is 13.6. The van der Waals surface area contributed by atoms with E-state index in [0.717, 1.165) is 58.6 Å². The Balaban J connectivity index is 1.63. The Hall–Kier alpha value is -3.06. The maximum Gasteiger partial charge on any atom is 0.250 e. The second-order valence-corrected chi connectivity index (χ2v) is 11.0. The molecule has 8 heteroatoms. The number of benzene rings is 3. The molecule has 1 fully saturated rings. The van der Waals surface area contributed by atoms with Crippen LogP contribution in [-0.2, 0) is 4.79 Å². The van der Waals surface area contributed by atoms with E-state index in [-0.39, 0.29) is 5.91 Å². The second kappa shape index (κ2) is 11.0. The predicted octanol–water partition coefficient (Wildman–Crippen LogP) is 6.72. The SMILES string of the molecule is COc1ccc(Cl)c(-c2cc3c(cc2C)N=CN(c2cc(C)cc(Cl)c2)C3C(=O)N(C)C[C@@H]2CCCN2)c1. The molecule has 1 N–H and O–H groups in total. The maximum absolute atomic E-state index is 14.2. The van der Waals surface area contributed by atoms with E-state index >= 15 is 0 Å². The lowest BCUT2D eigenvalue weighted by Crippen LogP contribution is -2.46. The van der Waals surface area contributed by atoms with Gasteiger partial charge in [-0.15, -0.1) is 0 Å². The number of aryl methyl sites for hydroxylation is 2. The van der Waals surface area contributed by atoms with E-state index in [1.54, 1.807) is 13.4 Å². The van der Waals surface area contributed by atoms with Gasteiger partial charge in [-0.1, -0.05) is 23.2 Å². The Morgan fingerprint density at radius 3 is 2.66 bits per heavy atom. The van der Waals surface area contributed by atoms with Gasteiger partial charge in [-0.3, -0.25) is 4.79 Å². The van der Waals surface area contributed by atoms with E-state index in [2.05, 4.69) is 11.4 Å². The summed E-state index contributed by atoms with van der Waals surface area (Å²) in [7, 11) is 3.51. The first kappa shape index (κ1) is 26.5. The molecule has 3 aromatic carbocycles. The standard InChI is InChI=1S/C30H32Cl2N4O2/c1-18-10-20(31)13-22(11-18)36-17-34-28-12-19(2)24(25-14-23(38-4)7-8-27(25)32)15-26(28)29(36)30(37)35(3)16-21-6-5-9-33-21/h7-8,10-15,17,21,29,33H,5-6,9,16H2,1-4H3/t21-,29?/m0/s1. The molecular formula is C30H32Cl2N4O2. The molecule has 0 bridgehead atoms. The number of halogens is 2. The van der Waals surface area contributed by atoms with Crippen LogP contribution in [0.5, 0.6) is 5.75 Å². The van der Waals surface area contributed by atoms with Crippen LogP contribution in [0.25, 0.3) is 11.1 Å². The number of ether oxygens (including phenoxy) is 1. The normalized spacial score (nSPS) is 18.4. The van der Waals surface area contributed by atoms with Crippen molar-refractivity contribution in [1.29, 1.82) is 0 Å². The van der Waals surface area contributed by atoms with Crippen molar-refractivity contribution in [2.75, 3.05) is 32.1 Å². The van der Waals surface area contributed by atoms with Crippen molar-refractivity contribution < 1.29 is 9.53 Å². The minimum Gasteiger partial charge on any atom is -0.497 e. The highest BCUT2D eigenvalue weighted by atomic mass is 35.5. The molecule has 2 atom stereocenters. The zero-order valence-electron chi connectivity index (χ0n) is 22.1. The molecular weight excluding hydrogens is 519 g/mol. The third-order valence-corrected chi connectivity index (χ3v) is 7.87. The number of hydrogen-bond donors (Lipinski definition) is 1. The molecule has 2 aliphatic heterocycles. The number of nitrogens with zero attached hydrogens (tertiary/aromatic N) is 3. The van der Waals surface area contributed by atoms with Crippen LogP contribution in [0.3, 0.4) is 0 Å². The summed E-state index contributed by atoms with van der Waals surface area (Å²) in [5, 5.41) is 4.73. The van der Waals surface area contributed by atoms with Gasteiger partial charge >= 0.3 is 0 Å². The number of anilines is 1. The molecule has 0 radical (unpaired) electrons. The van der Waals surface area contributed by atoms with Crippen molar-refractivity contribution in [3.63, 3.8) is 0 Å². The fourth-order valence-electron chi connectivity index (χ4n) is 5.38. The summed E-state index contributed by atoms with van der Waals surface area (Å²) in [5.74, 6) is 0.710. The Labute approximate surface area is 234 Å². The minimum absolute atomic E-state index is 0.00438. The molecule has 0 aromatic heterocycles. The maximum atomic E-state index is 14.2. The Morgan fingerprint density at radius 1 is 1.13 bits per heavy atom. The average molecular weight is 552 g/mol. The van der Waals surface area contributed by atoms with Crippen LogP contribution in [0.2, 0.25) is 10.0 Å². The van der Waals surface area contributed by atoms with E-state index in [4.69, 9.17) is 32.9 Å². The molecule has 5 rings (SSSR count). The summed E-state index contributed by atoms with van der Waals surface area (Å²) in [5.41, 5.74) is 6.21. The topological polar surface area (TPSA) is 57.2 Å². The third-order valence-electron chi connectivity index (χ3n) is 7.32. The van der Waals surface area contributed by atoms with Gasteiger partial charge in [0, 0.05) is 46.5 Å². The number of methoxy groups -OCH3 is 1. The quantitative estimate of drug-likeness (QED) is 0.370. The van der Waals surface area contributed by atoms with E-state index in [1.807, 2.05) is 73.2 Å². The molecule has 2 aliphatic rings. The largest absolute Gasteiger partial charge is 0.497 e. The summed E-state index contributed by atoms with van der Waals surface area (Å²) in [4.78, 5) is 22.7. The zero-order valence-corrected chi connectivity index (χ0v) is 23.6. The predicted molar refractivity (Wildman–Crippen MR) is 156 cm³/mol. The van der Waals surface area contributed by atoms with Gasteiger partial charge < -0.3 is 19.9 Å². The van der Waals surface area contributed by atoms with Gasteiger partial charge in [0.25, 0.3) is 0 Å². The number of hydrogen-bond acceptors (Lipinski definition) is 5. The van der Waals surface area contributed by atoms with Gasteiger partial charge in [0.15, 0.2) is 0 Å². The summed E-state index contributed by atoms with van der Waals surface area (Å²) < 4.78 is 5.47. The lowest BCUT2D eigenvalue weighted by molar-refractivity contribution is -0.131. The molecule has 2 heterocycles. The van der Waals surface area contributed by atoms with Gasteiger partial charge in [0.05, 0.1) is 19.1 Å². The number of carbonyl (C=O) groups excluding carboxylic acids is 1. The van der Waals surface area contributed by atoms with Gasteiger partial charge in [-0.2, -0.15) is 0 Å². The summed E-state index contributed by atoms with van der Waals surface area (Å²) in [6, 6.07) is 15.2. The molecule has 0 spiro atoms. The van der Waals surface area contributed by atoms with Crippen molar-refractivity contribution >= 4 is 46.8 Å². The van der Waals surface area contributed by atoms with Crippen molar-refractivity contribution in [2.24, 2.45) is 4.99 Å². The second-order valence-electron chi connectivity index (χ2n) is 10.1. The minimum atomic E-state index is -0.615. The average Bonchev–Trinajstić information content (AvgIpc) is 3.40. The van der Waals surface area contributed by atoms with Crippen molar-refractivity contribution in [2.45, 2.75) is 38.8 Å². The monoisotopic (exact) mass is 550 g/mol. The Bertz CT molecular complexity index is 1380. The van der Waals surface area contributed by atoms with E-state index in [0.29, 0.717) is 28.4 Å². The van der Waals surface area contributed by atoms with Crippen LogP contribution in [0, 0.1) is 13.8 Å². The molecule has 1 unspecified atom stereocenters. The highest BCUT2D eigenvalue weighted by molar-refractivity contribution is 6.33. The lowest BCUT2D eigenvalue weighted by atomic mass is 9.91.